The number of carbonyl (C=O) groups excluding carboxylic acids is 2. The summed E-state index contributed by atoms with van der Waals surface area (Å²) in [4.78, 5) is 24.5. The predicted octanol–water partition coefficient (Wildman–Crippen LogP) is 0.681. The van der Waals surface area contributed by atoms with Crippen LogP contribution in [0.3, 0.4) is 0 Å². The molecule has 4 N–H and O–H groups in total. The van der Waals surface area contributed by atoms with E-state index in [1.54, 1.807) is 0 Å². The van der Waals surface area contributed by atoms with Gasteiger partial charge in [-0.15, -0.1) is 0 Å². The summed E-state index contributed by atoms with van der Waals surface area (Å²) in [6.45, 7) is 3.89. The number of primary amides is 1. The van der Waals surface area contributed by atoms with Crippen LogP contribution < -0.4 is 5.73 Å². The average molecular weight is 266 g/mol. The third kappa shape index (κ3) is 4.17. The molecule has 0 aliphatic rings. The van der Waals surface area contributed by atoms with E-state index in [1.807, 2.05) is 13.8 Å². The van der Waals surface area contributed by atoms with E-state index in [4.69, 9.17) is 5.73 Å². The van der Waals surface area contributed by atoms with Crippen LogP contribution in [-0.2, 0) is 4.79 Å². The largest absolute Gasteiger partial charge is 0.508 e. The second kappa shape index (κ2) is 6.08. The Hall–Kier alpha value is -2.24. The zero-order valence-electron chi connectivity index (χ0n) is 11.0. The zero-order chi connectivity index (χ0) is 14.6. The first-order chi connectivity index (χ1) is 8.81. The van der Waals surface area contributed by atoms with Gasteiger partial charge in [0.1, 0.15) is 11.5 Å². The molecule has 19 heavy (non-hydrogen) atoms. The van der Waals surface area contributed by atoms with Gasteiger partial charge in [0.15, 0.2) is 0 Å². The summed E-state index contributed by atoms with van der Waals surface area (Å²) in [7, 11) is 0. The van der Waals surface area contributed by atoms with Crippen LogP contribution in [0.15, 0.2) is 18.2 Å². The van der Waals surface area contributed by atoms with E-state index in [-0.39, 0.29) is 29.5 Å². The van der Waals surface area contributed by atoms with Gasteiger partial charge in [0, 0.05) is 6.54 Å². The lowest BCUT2D eigenvalue weighted by Gasteiger charge is -2.23. The molecule has 0 aromatic heterocycles. The number of hydrogen-bond donors (Lipinski definition) is 3. The van der Waals surface area contributed by atoms with Crippen molar-refractivity contribution in [3.05, 3.63) is 23.8 Å². The Bertz CT molecular complexity index is 486. The molecule has 0 aliphatic heterocycles. The van der Waals surface area contributed by atoms with E-state index in [0.717, 1.165) is 6.07 Å². The maximum Gasteiger partial charge on any atom is 0.258 e. The highest BCUT2D eigenvalue weighted by molar-refractivity contribution is 5.98. The lowest BCUT2D eigenvalue weighted by Crippen LogP contribution is -2.40. The number of phenolic OH excluding ortho intramolecular Hbond substituents is 2. The molecule has 0 fully saturated rings. The number of amides is 2. The quantitative estimate of drug-likeness (QED) is 0.682. The van der Waals surface area contributed by atoms with Gasteiger partial charge in [-0.1, -0.05) is 13.8 Å². The Balaban J connectivity index is 3.03. The molecule has 0 saturated heterocycles. The molecule has 0 aliphatic carbocycles. The SMILES string of the molecule is CC(C)CN(CC(N)=O)C(=O)c1cc(O)ccc1O. The maximum absolute atomic E-state index is 12.2. The van der Waals surface area contributed by atoms with Crippen LogP contribution in [0, 0.1) is 5.92 Å². The highest BCUT2D eigenvalue weighted by Crippen LogP contribution is 2.23. The molecular weight excluding hydrogens is 248 g/mol. The van der Waals surface area contributed by atoms with Crippen molar-refractivity contribution in [1.82, 2.24) is 4.90 Å². The molecule has 1 rings (SSSR count). The van der Waals surface area contributed by atoms with Crippen molar-refractivity contribution in [2.45, 2.75) is 13.8 Å². The van der Waals surface area contributed by atoms with Gasteiger partial charge in [0.2, 0.25) is 5.91 Å². The van der Waals surface area contributed by atoms with E-state index in [2.05, 4.69) is 0 Å². The van der Waals surface area contributed by atoms with Gasteiger partial charge in [-0.3, -0.25) is 9.59 Å². The van der Waals surface area contributed by atoms with Crippen molar-refractivity contribution in [1.29, 1.82) is 0 Å². The normalized spacial score (nSPS) is 10.5. The molecular formula is C13H18N2O4. The Morgan fingerprint density at radius 2 is 1.95 bits per heavy atom. The van der Waals surface area contributed by atoms with Crippen molar-refractivity contribution in [2.24, 2.45) is 11.7 Å². The Morgan fingerprint density at radius 1 is 1.32 bits per heavy atom. The van der Waals surface area contributed by atoms with Gasteiger partial charge in [0.05, 0.1) is 12.1 Å². The summed E-state index contributed by atoms with van der Waals surface area (Å²) in [5.41, 5.74) is 5.05. The zero-order valence-corrected chi connectivity index (χ0v) is 11.0. The molecule has 0 bridgehead atoms. The Kier molecular flexibility index (Phi) is 4.74. The summed E-state index contributed by atoms with van der Waals surface area (Å²) in [5.74, 6) is -1.41. The summed E-state index contributed by atoms with van der Waals surface area (Å²) in [5, 5.41) is 19.0. The van der Waals surface area contributed by atoms with Crippen molar-refractivity contribution >= 4 is 11.8 Å². The molecule has 0 saturated carbocycles. The minimum absolute atomic E-state index is 0.0538. The van der Waals surface area contributed by atoms with Crippen LogP contribution in [0.2, 0.25) is 0 Å². The Morgan fingerprint density at radius 3 is 2.47 bits per heavy atom. The summed E-state index contributed by atoms with van der Waals surface area (Å²) in [6.07, 6.45) is 0. The minimum atomic E-state index is -0.631. The van der Waals surface area contributed by atoms with Gasteiger partial charge < -0.3 is 20.8 Å². The topological polar surface area (TPSA) is 104 Å². The molecule has 0 atom stereocenters. The van der Waals surface area contributed by atoms with Gasteiger partial charge in [-0.05, 0) is 24.1 Å². The van der Waals surface area contributed by atoms with Crippen LogP contribution in [0.25, 0.3) is 0 Å². The van der Waals surface area contributed by atoms with E-state index < -0.39 is 11.8 Å². The van der Waals surface area contributed by atoms with E-state index in [9.17, 15) is 19.8 Å². The van der Waals surface area contributed by atoms with Crippen LogP contribution in [0.1, 0.15) is 24.2 Å². The molecule has 1 aromatic carbocycles. The molecule has 0 spiro atoms. The van der Waals surface area contributed by atoms with Crippen LogP contribution in [-0.4, -0.2) is 40.0 Å². The maximum atomic E-state index is 12.2. The number of hydrogen-bond acceptors (Lipinski definition) is 4. The lowest BCUT2D eigenvalue weighted by atomic mass is 10.1. The standard InChI is InChI=1S/C13H18N2O4/c1-8(2)6-15(7-12(14)18)13(19)10-5-9(16)3-4-11(10)17/h3-5,8,16-17H,6-7H2,1-2H3,(H2,14,18). The number of benzene rings is 1. The second-order valence-electron chi connectivity index (χ2n) is 4.75. The summed E-state index contributed by atoms with van der Waals surface area (Å²) in [6, 6.07) is 3.65. The predicted molar refractivity (Wildman–Crippen MR) is 69.7 cm³/mol. The van der Waals surface area contributed by atoms with Gasteiger partial charge >= 0.3 is 0 Å². The molecule has 0 unspecified atom stereocenters. The third-order valence-corrected chi connectivity index (χ3v) is 2.43. The number of carbonyl (C=O) groups is 2. The van der Waals surface area contributed by atoms with Crippen LogP contribution >= 0.6 is 0 Å². The molecule has 0 heterocycles. The monoisotopic (exact) mass is 266 g/mol. The third-order valence-electron chi connectivity index (χ3n) is 2.43. The van der Waals surface area contributed by atoms with Crippen molar-refractivity contribution in [3.8, 4) is 11.5 Å². The van der Waals surface area contributed by atoms with Crippen LogP contribution in [0.4, 0.5) is 0 Å². The first kappa shape index (κ1) is 14.8. The van der Waals surface area contributed by atoms with Crippen LogP contribution in [0.5, 0.6) is 11.5 Å². The fraction of sp³-hybridized carbons (Fsp3) is 0.385. The van der Waals surface area contributed by atoms with Gasteiger partial charge in [0.25, 0.3) is 5.91 Å². The minimum Gasteiger partial charge on any atom is -0.508 e. The highest BCUT2D eigenvalue weighted by Gasteiger charge is 2.21. The van der Waals surface area contributed by atoms with Gasteiger partial charge in [-0.2, -0.15) is 0 Å². The number of phenols is 2. The number of nitrogens with zero attached hydrogens (tertiary/aromatic N) is 1. The fourth-order valence-corrected chi connectivity index (χ4v) is 1.71. The molecule has 6 heteroatoms. The smallest absolute Gasteiger partial charge is 0.258 e. The first-order valence-electron chi connectivity index (χ1n) is 5.90. The average Bonchev–Trinajstić information content (AvgIpc) is 2.29. The highest BCUT2D eigenvalue weighted by atomic mass is 16.3. The van der Waals surface area contributed by atoms with Crippen molar-refractivity contribution < 1.29 is 19.8 Å². The van der Waals surface area contributed by atoms with Crippen molar-refractivity contribution in [3.63, 3.8) is 0 Å². The van der Waals surface area contributed by atoms with Crippen molar-refractivity contribution in [2.75, 3.05) is 13.1 Å². The summed E-state index contributed by atoms with van der Waals surface area (Å²) < 4.78 is 0. The van der Waals surface area contributed by atoms with E-state index in [1.165, 1.54) is 17.0 Å². The number of rotatable bonds is 5. The molecule has 6 nitrogen and oxygen atoms in total. The number of nitrogens with two attached hydrogens (primary N) is 1. The summed E-state index contributed by atoms with van der Waals surface area (Å²) >= 11 is 0. The number of aromatic hydroxyl groups is 2. The second-order valence-corrected chi connectivity index (χ2v) is 4.75. The van der Waals surface area contributed by atoms with E-state index in [0.29, 0.717) is 6.54 Å². The molecule has 104 valence electrons. The van der Waals surface area contributed by atoms with E-state index >= 15 is 0 Å². The Labute approximate surface area is 111 Å². The first-order valence-corrected chi connectivity index (χ1v) is 5.90. The molecule has 0 radical (unpaired) electrons. The lowest BCUT2D eigenvalue weighted by molar-refractivity contribution is -0.118. The fourth-order valence-electron chi connectivity index (χ4n) is 1.71. The molecule has 2 amide bonds. The van der Waals surface area contributed by atoms with Gasteiger partial charge in [-0.25, -0.2) is 0 Å². The molecule has 1 aromatic rings.